The van der Waals surface area contributed by atoms with Crippen LogP contribution in [0.4, 0.5) is 15.8 Å². The highest BCUT2D eigenvalue weighted by Crippen LogP contribution is 2.34. The van der Waals surface area contributed by atoms with Crippen LogP contribution < -0.4 is 4.90 Å². The summed E-state index contributed by atoms with van der Waals surface area (Å²) in [5.74, 6) is -0.845. The van der Waals surface area contributed by atoms with Crippen molar-refractivity contribution >= 4 is 23.0 Å². The van der Waals surface area contributed by atoms with E-state index >= 15 is 0 Å². The van der Waals surface area contributed by atoms with Gasteiger partial charge < -0.3 is 9.64 Å². The molecule has 1 aromatic rings. The Morgan fingerprint density at radius 2 is 2.37 bits per heavy atom. The molecule has 1 aromatic carbocycles. The number of nitrogens with zero attached hydrogens (tertiary/aromatic N) is 3. The second-order valence-corrected chi connectivity index (χ2v) is 4.35. The van der Waals surface area contributed by atoms with Gasteiger partial charge in [0, 0.05) is 6.54 Å². The minimum atomic E-state index is -0.845. The molecule has 1 unspecified atom stereocenters. The Balaban J connectivity index is 2.40. The number of halogens is 2. The molecule has 1 fully saturated rings. The molecule has 19 heavy (non-hydrogen) atoms. The lowest BCUT2D eigenvalue weighted by molar-refractivity contribution is -0.384. The normalized spacial score (nSPS) is 19.0. The summed E-state index contributed by atoms with van der Waals surface area (Å²) in [5.41, 5.74) is -0.180. The smallest absolute Gasteiger partial charge is 0.295 e. The van der Waals surface area contributed by atoms with Crippen molar-refractivity contribution in [2.75, 3.05) is 24.6 Å². The fraction of sp³-hybridized carbons (Fsp3) is 0.364. The third-order valence-corrected chi connectivity index (χ3v) is 3.05. The molecule has 100 valence electrons. The number of nitro groups is 1. The minimum Gasteiger partial charge on any atom is -0.360 e. The molecule has 0 aromatic heterocycles. The Labute approximate surface area is 113 Å². The number of anilines is 1. The lowest BCUT2D eigenvalue weighted by Crippen LogP contribution is -2.42. The average molecular weight is 286 g/mol. The van der Waals surface area contributed by atoms with E-state index in [4.69, 9.17) is 21.6 Å². The molecule has 1 saturated heterocycles. The molecule has 1 aliphatic heterocycles. The molecular formula is C11H9ClFN3O3. The first-order valence-corrected chi connectivity index (χ1v) is 5.80. The lowest BCUT2D eigenvalue weighted by Gasteiger charge is -2.31. The predicted molar refractivity (Wildman–Crippen MR) is 65.6 cm³/mol. The zero-order valence-electron chi connectivity index (χ0n) is 9.68. The molecule has 0 bridgehead atoms. The highest BCUT2D eigenvalue weighted by atomic mass is 35.5. The standard InChI is InChI=1S/C11H9ClFN3O3/c12-8-3-10(11(16(17)18)4-9(8)13)15-1-2-19-7(5-14)6-15/h3-4,7H,1-2,6H2. The second kappa shape index (κ2) is 5.38. The van der Waals surface area contributed by atoms with Crippen molar-refractivity contribution in [2.45, 2.75) is 6.10 Å². The van der Waals surface area contributed by atoms with E-state index in [0.29, 0.717) is 6.54 Å². The van der Waals surface area contributed by atoms with Crippen molar-refractivity contribution in [2.24, 2.45) is 0 Å². The molecule has 2 rings (SSSR count). The summed E-state index contributed by atoms with van der Waals surface area (Å²) >= 11 is 5.66. The van der Waals surface area contributed by atoms with Gasteiger partial charge in [-0.3, -0.25) is 10.1 Å². The molecule has 1 atom stereocenters. The van der Waals surface area contributed by atoms with Gasteiger partial charge in [0.1, 0.15) is 11.5 Å². The summed E-state index contributed by atoms with van der Waals surface area (Å²) < 4.78 is 18.5. The van der Waals surface area contributed by atoms with E-state index in [0.717, 1.165) is 6.07 Å². The number of benzene rings is 1. The highest BCUT2D eigenvalue weighted by molar-refractivity contribution is 6.31. The second-order valence-electron chi connectivity index (χ2n) is 3.95. The van der Waals surface area contributed by atoms with E-state index in [1.54, 1.807) is 4.90 Å². The molecular weight excluding hydrogens is 277 g/mol. The third kappa shape index (κ3) is 2.75. The first-order valence-electron chi connectivity index (χ1n) is 5.42. The lowest BCUT2D eigenvalue weighted by atomic mass is 10.2. The van der Waals surface area contributed by atoms with Crippen molar-refractivity contribution in [3.05, 3.63) is 33.1 Å². The van der Waals surface area contributed by atoms with Gasteiger partial charge in [-0.05, 0) is 6.07 Å². The van der Waals surface area contributed by atoms with Crippen molar-refractivity contribution in [3.63, 3.8) is 0 Å². The molecule has 6 nitrogen and oxygen atoms in total. The third-order valence-electron chi connectivity index (χ3n) is 2.77. The molecule has 0 amide bonds. The molecule has 0 N–H and O–H groups in total. The number of rotatable bonds is 2. The molecule has 1 heterocycles. The van der Waals surface area contributed by atoms with Crippen LogP contribution in [0.15, 0.2) is 12.1 Å². The molecule has 1 aliphatic rings. The summed E-state index contributed by atoms with van der Waals surface area (Å²) in [7, 11) is 0. The fourth-order valence-electron chi connectivity index (χ4n) is 1.87. The maximum atomic E-state index is 13.3. The Morgan fingerprint density at radius 1 is 1.63 bits per heavy atom. The largest absolute Gasteiger partial charge is 0.360 e. The van der Waals surface area contributed by atoms with E-state index in [1.807, 2.05) is 6.07 Å². The monoisotopic (exact) mass is 285 g/mol. The zero-order valence-corrected chi connectivity index (χ0v) is 10.4. The van der Waals surface area contributed by atoms with E-state index < -0.39 is 16.8 Å². The number of ether oxygens (including phenoxy) is 1. The van der Waals surface area contributed by atoms with Crippen LogP contribution in [0, 0.1) is 27.3 Å². The fourth-order valence-corrected chi connectivity index (χ4v) is 2.03. The van der Waals surface area contributed by atoms with Crippen LogP contribution in [0.3, 0.4) is 0 Å². The number of nitriles is 1. The summed E-state index contributed by atoms with van der Waals surface area (Å²) in [6.45, 7) is 0.824. The predicted octanol–water partition coefficient (Wildman–Crippen LogP) is 2.12. The first kappa shape index (κ1) is 13.5. The van der Waals surface area contributed by atoms with Crippen LogP contribution >= 0.6 is 11.6 Å². The number of morpholine rings is 1. The van der Waals surface area contributed by atoms with Crippen LogP contribution in [0.1, 0.15) is 0 Å². The van der Waals surface area contributed by atoms with Crippen LogP contribution in [0.25, 0.3) is 0 Å². The first-order chi connectivity index (χ1) is 9.02. The maximum absolute atomic E-state index is 13.3. The summed E-state index contributed by atoms with van der Waals surface area (Å²) in [6.07, 6.45) is -0.669. The van der Waals surface area contributed by atoms with Gasteiger partial charge in [-0.25, -0.2) is 4.39 Å². The van der Waals surface area contributed by atoms with Crippen LogP contribution in [0.5, 0.6) is 0 Å². The van der Waals surface area contributed by atoms with E-state index in [9.17, 15) is 14.5 Å². The Kier molecular flexibility index (Phi) is 3.83. The topological polar surface area (TPSA) is 79.4 Å². The van der Waals surface area contributed by atoms with E-state index in [1.165, 1.54) is 6.07 Å². The Hall–Kier alpha value is -1.91. The number of hydrogen-bond donors (Lipinski definition) is 0. The van der Waals surface area contributed by atoms with Crippen LogP contribution in [-0.4, -0.2) is 30.7 Å². The van der Waals surface area contributed by atoms with Crippen LogP contribution in [0.2, 0.25) is 5.02 Å². The highest BCUT2D eigenvalue weighted by Gasteiger charge is 2.27. The molecule has 0 radical (unpaired) electrons. The van der Waals surface area contributed by atoms with E-state index in [-0.39, 0.29) is 29.5 Å². The van der Waals surface area contributed by atoms with Gasteiger partial charge in [-0.1, -0.05) is 11.6 Å². The maximum Gasteiger partial charge on any atom is 0.295 e. The van der Waals surface area contributed by atoms with Crippen molar-refractivity contribution < 1.29 is 14.1 Å². The summed E-state index contributed by atoms with van der Waals surface area (Å²) in [6, 6.07) is 3.93. The number of nitro benzene ring substituents is 1. The van der Waals surface area contributed by atoms with E-state index in [2.05, 4.69) is 0 Å². The number of hydrogen-bond acceptors (Lipinski definition) is 5. The molecule has 0 spiro atoms. The van der Waals surface area contributed by atoms with Gasteiger partial charge in [0.15, 0.2) is 6.10 Å². The molecule has 0 saturated carbocycles. The van der Waals surface area contributed by atoms with Crippen molar-refractivity contribution in [1.82, 2.24) is 0 Å². The van der Waals surface area contributed by atoms with Crippen molar-refractivity contribution in [1.29, 1.82) is 5.26 Å². The van der Waals surface area contributed by atoms with Gasteiger partial charge in [-0.2, -0.15) is 5.26 Å². The summed E-state index contributed by atoms with van der Waals surface area (Å²) in [5, 5.41) is 19.6. The molecule has 8 heteroatoms. The quantitative estimate of drug-likeness (QED) is 0.614. The minimum absolute atomic E-state index is 0.180. The Bertz CT molecular complexity index is 561. The SMILES string of the molecule is N#CC1CN(c2cc(Cl)c(F)cc2[N+](=O)[O-])CCO1. The van der Waals surface area contributed by atoms with Gasteiger partial charge >= 0.3 is 0 Å². The molecule has 0 aliphatic carbocycles. The van der Waals surface area contributed by atoms with Gasteiger partial charge in [0.2, 0.25) is 0 Å². The van der Waals surface area contributed by atoms with Gasteiger partial charge in [0.05, 0.1) is 35.2 Å². The summed E-state index contributed by atoms with van der Waals surface area (Å²) in [4.78, 5) is 11.9. The van der Waals surface area contributed by atoms with Gasteiger partial charge in [0.25, 0.3) is 5.69 Å². The van der Waals surface area contributed by atoms with Gasteiger partial charge in [-0.15, -0.1) is 0 Å². The Morgan fingerprint density at radius 3 is 3.00 bits per heavy atom. The average Bonchev–Trinajstić information content (AvgIpc) is 2.41. The zero-order chi connectivity index (χ0) is 14.0. The van der Waals surface area contributed by atoms with Crippen LogP contribution in [-0.2, 0) is 4.74 Å². The van der Waals surface area contributed by atoms with Crippen molar-refractivity contribution in [3.8, 4) is 6.07 Å².